The van der Waals surface area contributed by atoms with Gasteiger partial charge in [0.2, 0.25) is 0 Å². The summed E-state index contributed by atoms with van der Waals surface area (Å²) in [5.41, 5.74) is 2.75. The van der Waals surface area contributed by atoms with E-state index in [1.54, 1.807) is 18.0 Å². The molecule has 2 rings (SSSR count). The van der Waals surface area contributed by atoms with Crippen LogP contribution in [-0.4, -0.2) is 42.9 Å². The molecule has 0 aliphatic heterocycles. The number of pyridine rings is 1. The lowest BCUT2D eigenvalue weighted by Gasteiger charge is -2.12. The Kier molecular flexibility index (Phi) is 4.93. The molecule has 0 fully saturated rings. The number of hydrogen-bond acceptors (Lipinski definition) is 5. The van der Waals surface area contributed by atoms with Crippen LogP contribution in [0.1, 0.15) is 12.5 Å². The van der Waals surface area contributed by atoms with Crippen LogP contribution in [0.4, 0.5) is 0 Å². The van der Waals surface area contributed by atoms with Gasteiger partial charge in [0.05, 0.1) is 5.75 Å². The fourth-order valence-electron chi connectivity index (χ4n) is 1.85. The second-order valence-electron chi connectivity index (χ2n) is 4.53. The van der Waals surface area contributed by atoms with Gasteiger partial charge in [-0.25, -0.2) is 9.97 Å². The van der Waals surface area contributed by atoms with E-state index in [0.717, 1.165) is 28.4 Å². The Labute approximate surface area is 126 Å². The number of fused-ring (bicyclic) bond motifs is 1. The number of thioether (sulfide) groups is 2. The second kappa shape index (κ2) is 6.49. The van der Waals surface area contributed by atoms with Crippen molar-refractivity contribution in [2.24, 2.45) is 0 Å². The van der Waals surface area contributed by atoms with E-state index in [0.29, 0.717) is 5.25 Å². The molecular weight excluding hydrogens is 294 g/mol. The molecule has 2 heterocycles. The Hall–Kier alpha value is -1.21. The summed E-state index contributed by atoms with van der Waals surface area (Å²) in [4.78, 5) is 19.7. The zero-order valence-electron chi connectivity index (χ0n) is 11.7. The van der Waals surface area contributed by atoms with Gasteiger partial charge in [-0.3, -0.25) is 4.79 Å². The van der Waals surface area contributed by atoms with Gasteiger partial charge in [-0.1, -0.05) is 18.7 Å². The van der Waals surface area contributed by atoms with Crippen LogP contribution < -0.4 is 0 Å². The van der Waals surface area contributed by atoms with E-state index in [2.05, 4.69) is 23.1 Å². The molecule has 0 saturated carbocycles. The zero-order chi connectivity index (χ0) is 14.7. The number of aromatic nitrogens is 3. The van der Waals surface area contributed by atoms with Gasteiger partial charge in [-0.2, -0.15) is 11.8 Å². The van der Waals surface area contributed by atoms with Crippen molar-refractivity contribution in [1.82, 2.24) is 14.5 Å². The molecule has 0 amide bonds. The summed E-state index contributed by atoms with van der Waals surface area (Å²) in [6, 6.07) is 1.92. The van der Waals surface area contributed by atoms with Crippen molar-refractivity contribution >= 4 is 40.7 Å². The molecule has 2 aromatic heterocycles. The number of carbonyl (C=O) groups is 1. The maximum atomic E-state index is 10.8. The molecule has 1 N–H and O–H groups in total. The third-order valence-electron chi connectivity index (χ3n) is 2.97. The molecule has 0 radical (unpaired) electrons. The molecule has 0 saturated heterocycles. The largest absolute Gasteiger partial charge is 0.481 e. The summed E-state index contributed by atoms with van der Waals surface area (Å²) in [7, 11) is 0. The van der Waals surface area contributed by atoms with Crippen molar-refractivity contribution in [1.29, 1.82) is 0 Å². The number of rotatable bonds is 6. The predicted octanol–water partition coefficient (Wildman–Crippen LogP) is 2.67. The first-order valence-corrected chi connectivity index (χ1v) is 8.49. The smallest absolute Gasteiger partial charge is 0.313 e. The lowest BCUT2D eigenvalue weighted by Crippen LogP contribution is -2.11. The molecule has 0 bridgehead atoms. The Morgan fingerprint density at radius 3 is 2.95 bits per heavy atom. The molecule has 0 aliphatic rings. The molecule has 0 aliphatic carbocycles. The fraction of sp³-hybridized carbons (Fsp3) is 0.462. The maximum absolute atomic E-state index is 10.8. The molecular formula is C13H17N3O2S2. The Morgan fingerprint density at radius 2 is 2.30 bits per heavy atom. The van der Waals surface area contributed by atoms with E-state index in [-0.39, 0.29) is 5.75 Å². The summed E-state index contributed by atoms with van der Waals surface area (Å²) in [5.74, 6) is -0.827. The number of carboxylic acids is 1. The van der Waals surface area contributed by atoms with Gasteiger partial charge in [0, 0.05) is 18.0 Å². The molecule has 0 spiro atoms. The maximum Gasteiger partial charge on any atom is 0.313 e. The van der Waals surface area contributed by atoms with Crippen LogP contribution in [0.25, 0.3) is 11.2 Å². The van der Waals surface area contributed by atoms with E-state index < -0.39 is 5.97 Å². The third-order valence-corrected chi connectivity index (χ3v) is 4.88. The van der Waals surface area contributed by atoms with Crippen LogP contribution >= 0.6 is 23.5 Å². The number of aliphatic carboxylic acids is 1. The predicted molar refractivity (Wildman–Crippen MR) is 83.6 cm³/mol. The van der Waals surface area contributed by atoms with Crippen molar-refractivity contribution in [2.75, 3.05) is 12.0 Å². The normalized spacial score (nSPS) is 12.8. The van der Waals surface area contributed by atoms with Gasteiger partial charge in [0.15, 0.2) is 10.8 Å². The molecule has 20 heavy (non-hydrogen) atoms. The van der Waals surface area contributed by atoms with Gasteiger partial charge >= 0.3 is 5.97 Å². The lowest BCUT2D eigenvalue weighted by atomic mass is 10.3. The lowest BCUT2D eigenvalue weighted by molar-refractivity contribution is -0.133. The highest BCUT2D eigenvalue weighted by Crippen LogP contribution is 2.26. The minimum absolute atomic E-state index is 0.00994. The highest BCUT2D eigenvalue weighted by atomic mass is 32.2. The Morgan fingerprint density at radius 1 is 1.55 bits per heavy atom. The van der Waals surface area contributed by atoms with Gasteiger partial charge in [0.25, 0.3) is 0 Å². The average Bonchev–Trinajstić information content (AvgIpc) is 2.76. The van der Waals surface area contributed by atoms with Crippen LogP contribution in [0.15, 0.2) is 17.4 Å². The van der Waals surface area contributed by atoms with Crippen LogP contribution in [0.2, 0.25) is 0 Å². The second-order valence-corrected chi connectivity index (χ2v) is 6.75. The molecule has 0 aromatic carbocycles. The fourth-order valence-corrected chi connectivity index (χ4v) is 2.87. The number of aryl methyl sites for hydroxylation is 1. The van der Waals surface area contributed by atoms with Gasteiger partial charge in [0.1, 0.15) is 5.52 Å². The molecule has 2 aromatic rings. The van der Waals surface area contributed by atoms with Crippen LogP contribution in [-0.2, 0) is 11.3 Å². The number of carboxylic acid groups (broad SMARTS) is 1. The third kappa shape index (κ3) is 3.27. The first-order chi connectivity index (χ1) is 9.52. The van der Waals surface area contributed by atoms with Crippen LogP contribution in [0.5, 0.6) is 0 Å². The van der Waals surface area contributed by atoms with Gasteiger partial charge in [-0.15, -0.1) is 0 Å². The van der Waals surface area contributed by atoms with Gasteiger partial charge < -0.3 is 9.67 Å². The molecule has 5 nitrogen and oxygen atoms in total. The van der Waals surface area contributed by atoms with E-state index in [1.165, 1.54) is 11.8 Å². The van der Waals surface area contributed by atoms with Crippen LogP contribution in [0.3, 0.4) is 0 Å². The summed E-state index contributed by atoms with van der Waals surface area (Å²) < 4.78 is 2.02. The van der Waals surface area contributed by atoms with E-state index in [9.17, 15) is 4.79 Å². The summed E-state index contributed by atoms with van der Waals surface area (Å²) in [6.45, 7) is 4.90. The summed E-state index contributed by atoms with van der Waals surface area (Å²) >= 11 is 3.01. The van der Waals surface area contributed by atoms with E-state index >= 15 is 0 Å². The number of nitrogens with zero attached hydrogens (tertiary/aromatic N) is 3. The topological polar surface area (TPSA) is 68.0 Å². The number of hydrogen-bond donors (Lipinski definition) is 1. The van der Waals surface area contributed by atoms with E-state index in [4.69, 9.17) is 5.11 Å². The monoisotopic (exact) mass is 311 g/mol. The van der Waals surface area contributed by atoms with Crippen LogP contribution in [0, 0.1) is 6.92 Å². The number of imidazole rings is 1. The summed E-state index contributed by atoms with van der Waals surface area (Å²) in [6.07, 6.45) is 3.83. The zero-order valence-corrected chi connectivity index (χ0v) is 13.3. The van der Waals surface area contributed by atoms with Crippen molar-refractivity contribution in [2.45, 2.75) is 30.8 Å². The standard InChI is InChI=1S/C13H17N3O2S2/c1-8-4-5-14-12-11(8)15-13(20-7-10(17)18)16(12)6-9(2)19-3/h4-5,9H,6-7H2,1-3H3,(H,17,18). The highest BCUT2D eigenvalue weighted by Gasteiger charge is 2.16. The minimum Gasteiger partial charge on any atom is -0.481 e. The van der Waals surface area contributed by atoms with Crippen molar-refractivity contribution in [3.8, 4) is 0 Å². The first-order valence-electron chi connectivity index (χ1n) is 6.22. The molecule has 1 unspecified atom stereocenters. The average molecular weight is 311 g/mol. The van der Waals surface area contributed by atoms with Crippen molar-refractivity contribution in [3.05, 3.63) is 17.8 Å². The summed E-state index contributed by atoms with van der Waals surface area (Å²) in [5, 5.41) is 9.99. The molecule has 1 atom stereocenters. The highest BCUT2D eigenvalue weighted by molar-refractivity contribution is 7.99. The first kappa shape index (κ1) is 15.2. The van der Waals surface area contributed by atoms with E-state index in [1.807, 2.05) is 17.6 Å². The molecule has 108 valence electrons. The Balaban J connectivity index is 2.45. The Bertz CT molecular complexity index is 627. The van der Waals surface area contributed by atoms with Crippen molar-refractivity contribution < 1.29 is 9.90 Å². The van der Waals surface area contributed by atoms with Crippen molar-refractivity contribution in [3.63, 3.8) is 0 Å². The SMILES string of the molecule is CSC(C)Cn1c(SCC(=O)O)nc2c(C)ccnc21. The minimum atomic E-state index is -0.837. The van der Waals surface area contributed by atoms with Gasteiger partial charge in [-0.05, 0) is 24.8 Å². The molecule has 7 heteroatoms. The quantitative estimate of drug-likeness (QED) is 0.827.